The van der Waals surface area contributed by atoms with Crippen LogP contribution < -0.4 is 10.2 Å². The van der Waals surface area contributed by atoms with Crippen LogP contribution in [-0.4, -0.2) is 73.1 Å². The van der Waals surface area contributed by atoms with Gasteiger partial charge in [-0.2, -0.15) is 0 Å². The maximum absolute atomic E-state index is 12.5. The Morgan fingerprint density at radius 1 is 1.16 bits per heavy atom. The zero-order chi connectivity index (χ0) is 22.5. The molecule has 31 heavy (non-hydrogen) atoms. The fraction of sp³-hybridized carbons (Fsp3) is 0.545. The maximum Gasteiger partial charge on any atom is 0.326 e. The van der Waals surface area contributed by atoms with E-state index in [1.54, 1.807) is 34.1 Å². The van der Waals surface area contributed by atoms with Gasteiger partial charge in [0.1, 0.15) is 6.54 Å². The summed E-state index contributed by atoms with van der Waals surface area (Å²) in [6.07, 6.45) is 0.261. The minimum Gasteiger partial charge on any atom is -0.451 e. The van der Waals surface area contributed by atoms with Gasteiger partial charge in [-0.1, -0.05) is 0 Å². The highest BCUT2D eigenvalue weighted by Gasteiger charge is 2.30. The molecule has 3 unspecified atom stereocenters. The van der Waals surface area contributed by atoms with E-state index in [4.69, 9.17) is 9.47 Å². The third kappa shape index (κ3) is 5.81. The Morgan fingerprint density at radius 2 is 1.81 bits per heavy atom. The van der Waals surface area contributed by atoms with Gasteiger partial charge in [0.05, 0.1) is 12.2 Å². The number of ether oxygens (including phenoxy) is 2. The minimum atomic E-state index is -0.945. The summed E-state index contributed by atoms with van der Waals surface area (Å²) in [6.45, 7) is 6.51. The summed E-state index contributed by atoms with van der Waals surface area (Å²) in [5, 5.41) is 2.50. The molecule has 1 aromatic carbocycles. The number of esters is 1. The second-order valence-corrected chi connectivity index (χ2v) is 8.01. The Balaban J connectivity index is 1.46. The number of nitrogens with zero attached hydrogens (tertiary/aromatic N) is 2. The molecule has 0 spiro atoms. The summed E-state index contributed by atoms with van der Waals surface area (Å²) < 4.78 is 10.8. The standard InChI is InChI=1S/C22H29N3O6/c1-14-12-24(13-15(2)30-14)22(29)16(3)31-20(27)11-23-21(28)17-6-8-18(9-7-17)25-10-4-5-19(25)26/h6-9,14-16H,4-5,10-13H2,1-3H3,(H,23,28). The number of hydrogen-bond acceptors (Lipinski definition) is 6. The summed E-state index contributed by atoms with van der Waals surface area (Å²) in [5.41, 5.74) is 1.11. The fourth-order valence-electron chi connectivity index (χ4n) is 3.87. The number of carbonyl (C=O) groups excluding carboxylic acids is 4. The Hall–Kier alpha value is -2.94. The van der Waals surface area contributed by atoms with Crippen LogP contribution in [0.25, 0.3) is 0 Å². The van der Waals surface area contributed by atoms with Gasteiger partial charge < -0.3 is 24.6 Å². The molecule has 9 nitrogen and oxygen atoms in total. The molecular weight excluding hydrogens is 402 g/mol. The molecule has 168 valence electrons. The molecule has 9 heteroatoms. The lowest BCUT2D eigenvalue weighted by Gasteiger charge is -2.36. The van der Waals surface area contributed by atoms with Gasteiger partial charge in [0.25, 0.3) is 11.8 Å². The van der Waals surface area contributed by atoms with E-state index >= 15 is 0 Å². The van der Waals surface area contributed by atoms with E-state index in [1.165, 1.54) is 6.92 Å². The quantitative estimate of drug-likeness (QED) is 0.677. The molecule has 2 fully saturated rings. The number of anilines is 1. The first-order valence-corrected chi connectivity index (χ1v) is 10.6. The molecule has 3 atom stereocenters. The van der Waals surface area contributed by atoms with Crippen LogP contribution in [0.3, 0.4) is 0 Å². The van der Waals surface area contributed by atoms with Crippen molar-refractivity contribution < 1.29 is 28.7 Å². The first kappa shape index (κ1) is 22.7. The predicted octanol–water partition coefficient (Wildman–Crippen LogP) is 1.11. The van der Waals surface area contributed by atoms with Crippen molar-refractivity contribution in [3.8, 4) is 0 Å². The molecule has 0 radical (unpaired) electrons. The highest BCUT2D eigenvalue weighted by Crippen LogP contribution is 2.21. The smallest absolute Gasteiger partial charge is 0.326 e. The molecule has 3 amide bonds. The van der Waals surface area contributed by atoms with Gasteiger partial charge in [-0.05, 0) is 51.5 Å². The van der Waals surface area contributed by atoms with Gasteiger partial charge in [0, 0.05) is 37.3 Å². The van der Waals surface area contributed by atoms with E-state index in [-0.39, 0.29) is 30.6 Å². The van der Waals surface area contributed by atoms with Crippen LogP contribution in [0, 0.1) is 0 Å². The number of nitrogens with one attached hydrogen (secondary N) is 1. The molecule has 1 N–H and O–H groups in total. The van der Waals surface area contributed by atoms with Crippen molar-refractivity contribution in [1.82, 2.24) is 10.2 Å². The van der Waals surface area contributed by atoms with E-state index in [2.05, 4.69) is 5.32 Å². The molecule has 0 bridgehead atoms. The molecule has 3 rings (SSSR count). The van der Waals surface area contributed by atoms with Crippen molar-refractivity contribution >= 4 is 29.4 Å². The van der Waals surface area contributed by atoms with E-state index in [0.717, 1.165) is 12.1 Å². The summed E-state index contributed by atoms with van der Waals surface area (Å²) in [5.74, 6) is -1.34. The number of rotatable bonds is 6. The lowest BCUT2D eigenvalue weighted by molar-refractivity contribution is -0.163. The Labute approximate surface area is 181 Å². The Morgan fingerprint density at radius 3 is 2.39 bits per heavy atom. The Kier molecular flexibility index (Phi) is 7.27. The van der Waals surface area contributed by atoms with E-state index < -0.39 is 18.0 Å². The maximum atomic E-state index is 12.5. The van der Waals surface area contributed by atoms with E-state index in [0.29, 0.717) is 31.6 Å². The van der Waals surface area contributed by atoms with Crippen molar-refractivity contribution in [2.75, 3.05) is 31.1 Å². The van der Waals surface area contributed by atoms with Crippen molar-refractivity contribution in [1.29, 1.82) is 0 Å². The number of morpholine rings is 1. The van der Waals surface area contributed by atoms with Gasteiger partial charge in [-0.25, -0.2) is 0 Å². The molecule has 2 saturated heterocycles. The van der Waals surface area contributed by atoms with Crippen LogP contribution in [0.4, 0.5) is 5.69 Å². The van der Waals surface area contributed by atoms with Crippen LogP contribution >= 0.6 is 0 Å². The normalized spacial score (nSPS) is 22.2. The van der Waals surface area contributed by atoms with Crippen molar-refractivity contribution in [2.45, 2.75) is 51.9 Å². The summed E-state index contributed by atoms with van der Waals surface area (Å²) >= 11 is 0. The van der Waals surface area contributed by atoms with Crippen LogP contribution in [-0.2, 0) is 23.9 Å². The monoisotopic (exact) mass is 431 g/mol. The topological polar surface area (TPSA) is 105 Å². The van der Waals surface area contributed by atoms with Crippen molar-refractivity contribution in [2.24, 2.45) is 0 Å². The first-order valence-electron chi connectivity index (χ1n) is 10.6. The van der Waals surface area contributed by atoms with E-state index in [9.17, 15) is 19.2 Å². The minimum absolute atomic E-state index is 0.0737. The van der Waals surface area contributed by atoms with E-state index in [1.807, 2.05) is 13.8 Å². The SMILES string of the molecule is CC1CN(C(=O)C(C)OC(=O)CNC(=O)c2ccc(N3CCCC3=O)cc2)CC(C)O1. The van der Waals surface area contributed by atoms with Gasteiger partial charge >= 0.3 is 5.97 Å². The number of carbonyl (C=O) groups is 4. The number of amides is 3. The number of hydrogen-bond donors (Lipinski definition) is 1. The van der Waals surface area contributed by atoms with Gasteiger partial charge in [0.15, 0.2) is 6.10 Å². The zero-order valence-electron chi connectivity index (χ0n) is 18.1. The summed E-state index contributed by atoms with van der Waals surface area (Å²) in [7, 11) is 0. The summed E-state index contributed by atoms with van der Waals surface area (Å²) in [6, 6.07) is 6.63. The van der Waals surface area contributed by atoms with Crippen LogP contribution in [0.15, 0.2) is 24.3 Å². The van der Waals surface area contributed by atoms with Gasteiger partial charge in [-0.15, -0.1) is 0 Å². The third-order valence-electron chi connectivity index (χ3n) is 5.30. The van der Waals surface area contributed by atoms with Crippen molar-refractivity contribution in [3.63, 3.8) is 0 Å². The average molecular weight is 431 g/mol. The second-order valence-electron chi connectivity index (χ2n) is 8.01. The zero-order valence-corrected chi connectivity index (χ0v) is 18.1. The fourth-order valence-corrected chi connectivity index (χ4v) is 3.87. The molecule has 2 aliphatic rings. The molecule has 2 aliphatic heterocycles. The third-order valence-corrected chi connectivity index (χ3v) is 5.30. The average Bonchev–Trinajstić information content (AvgIpc) is 3.16. The highest BCUT2D eigenvalue weighted by atomic mass is 16.5. The lowest BCUT2D eigenvalue weighted by Crippen LogP contribution is -2.51. The second kappa shape index (κ2) is 9.91. The lowest BCUT2D eigenvalue weighted by atomic mass is 10.2. The molecule has 0 aliphatic carbocycles. The van der Waals surface area contributed by atoms with Gasteiger partial charge in [-0.3, -0.25) is 19.2 Å². The predicted molar refractivity (Wildman–Crippen MR) is 113 cm³/mol. The molecule has 0 aromatic heterocycles. The molecule has 1 aromatic rings. The molecular formula is C22H29N3O6. The van der Waals surface area contributed by atoms with Gasteiger partial charge in [0.2, 0.25) is 5.91 Å². The first-order chi connectivity index (χ1) is 14.7. The van der Waals surface area contributed by atoms with Crippen LogP contribution in [0.2, 0.25) is 0 Å². The summed E-state index contributed by atoms with van der Waals surface area (Å²) in [4.78, 5) is 52.0. The van der Waals surface area contributed by atoms with Crippen LogP contribution in [0.1, 0.15) is 44.0 Å². The van der Waals surface area contributed by atoms with Crippen molar-refractivity contribution in [3.05, 3.63) is 29.8 Å². The number of benzene rings is 1. The largest absolute Gasteiger partial charge is 0.451 e. The molecule has 0 saturated carbocycles. The molecule has 2 heterocycles. The Bertz CT molecular complexity index is 830. The van der Waals surface area contributed by atoms with Crippen LogP contribution in [0.5, 0.6) is 0 Å². The highest BCUT2D eigenvalue weighted by molar-refractivity contribution is 5.98.